The van der Waals surface area contributed by atoms with Gasteiger partial charge in [-0.25, -0.2) is 4.98 Å². The Morgan fingerprint density at radius 3 is 3.00 bits per heavy atom. The van der Waals surface area contributed by atoms with Crippen molar-refractivity contribution in [2.45, 2.75) is 44.9 Å². The van der Waals surface area contributed by atoms with Crippen LogP contribution in [0.1, 0.15) is 45.0 Å². The maximum absolute atomic E-state index is 4.63. The Morgan fingerprint density at radius 2 is 2.26 bits per heavy atom. The van der Waals surface area contributed by atoms with Crippen LogP contribution in [-0.2, 0) is 0 Å². The average molecular weight is 300 g/mol. The minimum absolute atomic E-state index is 0.409. The molecule has 0 saturated carbocycles. The summed E-state index contributed by atoms with van der Waals surface area (Å²) in [4.78, 5) is 8.42. The Bertz CT molecular complexity index is 403. The van der Waals surface area contributed by atoms with Gasteiger partial charge < -0.3 is 10.2 Å². The molecule has 5 heteroatoms. The van der Waals surface area contributed by atoms with Gasteiger partial charge in [-0.15, -0.1) is 11.3 Å². The fraction of sp³-hybridized carbons (Fsp3) is 0.786. The predicted molar refractivity (Wildman–Crippen MR) is 87.6 cm³/mol. The molecule has 0 spiro atoms. The second-order valence-electron chi connectivity index (χ2n) is 5.67. The Hall–Kier alpha value is -0.260. The molecular weight excluding hydrogens is 274 g/mol. The summed E-state index contributed by atoms with van der Waals surface area (Å²) < 4.78 is 0.409. The van der Waals surface area contributed by atoms with Crippen molar-refractivity contribution in [1.82, 2.24) is 10.3 Å². The summed E-state index contributed by atoms with van der Waals surface area (Å²) >= 11 is 3.92. The number of thioether (sulfide) groups is 1. The Labute approximate surface area is 125 Å². The van der Waals surface area contributed by atoms with Gasteiger partial charge in [-0.2, -0.15) is 11.8 Å². The second kappa shape index (κ2) is 6.46. The predicted octanol–water partition coefficient (Wildman–Crippen LogP) is 3.54. The van der Waals surface area contributed by atoms with E-state index in [2.05, 4.69) is 54.7 Å². The third-order valence-electron chi connectivity index (χ3n) is 3.56. The van der Waals surface area contributed by atoms with E-state index in [9.17, 15) is 0 Å². The van der Waals surface area contributed by atoms with E-state index in [0.717, 1.165) is 19.6 Å². The van der Waals surface area contributed by atoms with Crippen LogP contribution in [0.15, 0.2) is 6.20 Å². The quantitative estimate of drug-likeness (QED) is 0.920. The molecule has 1 aliphatic heterocycles. The summed E-state index contributed by atoms with van der Waals surface area (Å²) in [5.41, 5.74) is 0. The monoisotopic (exact) mass is 299 g/mol. The molecule has 108 valence electrons. The fourth-order valence-electron chi connectivity index (χ4n) is 2.24. The summed E-state index contributed by atoms with van der Waals surface area (Å²) in [6.07, 6.45) is 3.27. The van der Waals surface area contributed by atoms with E-state index in [1.807, 2.05) is 17.5 Å². The smallest absolute Gasteiger partial charge is 0.185 e. The van der Waals surface area contributed by atoms with E-state index in [4.69, 9.17) is 0 Å². The highest BCUT2D eigenvalue weighted by molar-refractivity contribution is 8.00. The second-order valence-corrected chi connectivity index (χ2v) is 8.51. The molecule has 1 N–H and O–H groups in total. The first-order chi connectivity index (χ1) is 9.02. The molecule has 0 aliphatic carbocycles. The molecule has 1 aromatic heterocycles. The highest BCUT2D eigenvalue weighted by atomic mass is 32.2. The van der Waals surface area contributed by atoms with E-state index in [0.29, 0.717) is 10.8 Å². The first kappa shape index (κ1) is 15.1. The van der Waals surface area contributed by atoms with Gasteiger partial charge in [0.2, 0.25) is 0 Å². The zero-order valence-corrected chi connectivity index (χ0v) is 14.0. The number of hydrogen-bond donors (Lipinski definition) is 1. The molecule has 2 heterocycles. The minimum Gasteiger partial charge on any atom is -0.347 e. The third kappa shape index (κ3) is 4.10. The van der Waals surface area contributed by atoms with Crippen LogP contribution in [0.4, 0.5) is 5.13 Å². The van der Waals surface area contributed by atoms with Crippen molar-refractivity contribution in [2.24, 2.45) is 0 Å². The van der Waals surface area contributed by atoms with E-state index in [-0.39, 0.29) is 0 Å². The van der Waals surface area contributed by atoms with E-state index < -0.39 is 0 Å². The van der Waals surface area contributed by atoms with Crippen LogP contribution < -0.4 is 10.2 Å². The molecule has 1 saturated heterocycles. The standard InChI is InChI=1S/C14H25N3S2/c1-5-15-11(2)12-10-16-13(19-12)17-7-6-14(3,4)18-9-8-17/h10-11,15H,5-9H2,1-4H3. The molecule has 1 aromatic rings. The lowest BCUT2D eigenvalue weighted by molar-refractivity contribution is 0.606. The SMILES string of the molecule is CCNC(C)c1cnc(N2CCSC(C)(C)CC2)s1. The Kier molecular flexibility index (Phi) is 5.15. The molecule has 0 aromatic carbocycles. The number of hydrogen-bond acceptors (Lipinski definition) is 5. The van der Waals surface area contributed by atoms with Gasteiger partial charge in [-0.1, -0.05) is 20.8 Å². The number of nitrogens with zero attached hydrogens (tertiary/aromatic N) is 2. The molecule has 3 nitrogen and oxygen atoms in total. The number of thiazole rings is 1. The molecule has 0 amide bonds. The summed E-state index contributed by atoms with van der Waals surface area (Å²) in [6.45, 7) is 12.3. The van der Waals surface area contributed by atoms with Gasteiger partial charge in [0.05, 0.1) is 0 Å². The van der Waals surface area contributed by atoms with Crippen LogP contribution in [0.3, 0.4) is 0 Å². The first-order valence-corrected chi connectivity index (χ1v) is 8.90. The van der Waals surface area contributed by atoms with Crippen LogP contribution in [0.25, 0.3) is 0 Å². The summed E-state index contributed by atoms with van der Waals surface area (Å²) in [7, 11) is 0. The van der Waals surface area contributed by atoms with Crippen LogP contribution in [0.5, 0.6) is 0 Å². The van der Waals surface area contributed by atoms with Gasteiger partial charge in [0.25, 0.3) is 0 Å². The molecule has 2 rings (SSSR count). The lowest BCUT2D eigenvalue weighted by Crippen LogP contribution is -2.26. The van der Waals surface area contributed by atoms with Gasteiger partial charge in [-0.05, 0) is 19.9 Å². The Morgan fingerprint density at radius 1 is 1.47 bits per heavy atom. The van der Waals surface area contributed by atoms with E-state index in [1.54, 1.807) is 0 Å². The molecule has 1 aliphatic rings. The molecule has 1 fully saturated rings. The topological polar surface area (TPSA) is 28.2 Å². The van der Waals surface area contributed by atoms with Gasteiger partial charge in [-0.3, -0.25) is 0 Å². The van der Waals surface area contributed by atoms with Gasteiger partial charge in [0, 0.05) is 40.7 Å². The molecule has 0 radical (unpaired) electrons. The van der Waals surface area contributed by atoms with Crippen molar-refractivity contribution in [1.29, 1.82) is 0 Å². The lowest BCUT2D eigenvalue weighted by Gasteiger charge is -2.22. The molecule has 0 bridgehead atoms. The molecular formula is C14H25N3S2. The van der Waals surface area contributed by atoms with Crippen LogP contribution in [0, 0.1) is 0 Å². The Balaban J connectivity index is 2.02. The average Bonchev–Trinajstić information content (AvgIpc) is 2.76. The van der Waals surface area contributed by atoms with Crippen LogP contribution in [-0.4, -0.2) is 35.1 Å². The summed E-state index contributed by atoms with van der Waals surface area (Å²) in [5.74, 6) is 1.20. The number of nitrogens with one attached hydrogen (secondary N) is 1. The first-order valence-electron chi connectivity index (χ1n) is 7.10. The number of aromatic nitrogens is 1. The molecule has 19 heavy (non-hydrogen) atoms. The van der Waals surface area contributed by atoms with Crippen LogP contribution >= 0.6 is 23.1 Å². The zero-order chi connectivity index (χ0) is 13.9. The maximum Gasteiger partial charge on any atom is 0.185 e. The fourth-order valence-corrected chi connectivity index (χ4v) is 4.34. The third-order valence-corrected chi connectivity index (χ3v) is 6.17. The molecule has 1 atom stereocenters. The van der Waals surface area contributed by atoms with Crippen molar-refractivity contribution in [3.05, 3.63) is 11.1 Å². The van der Waals surface area contributed by atoms with Crippen molar-refractivity contribution in [3.8, 4) is 0 Å². The number of anilines is 1. The van der Waals surface area contributed by atoms with Gasteiger partial charge in [0.1, 0.15) is 0 Å². The van der Waals surface area contributed by atoms with E-state index >= 15 is 0 Å². The minimum atomic E-state index is 0.409. The summed E-state index contributed by atoms with van der Waals surface area (Å²) in [6, 6.07) is 0.411. The highest BCUT2D eigenvalue weighted by Crippen LogP contribution is 2.34. The lowest BCUT2D eigenvalue weighted by atomic mass is 10.1. The summed E-state index contributed by atoms with van der Waals surface area (Å²) in [5, 5.41) is 4.64. The van der Waals surface area contributed by atoms with Gasteiger partial charge >= 0.3 is 0 Å². The largest absolute Gasteiger partial charge is 0.347 e. The van der Waals surface area contributed by atoms with Crippen molar-refractivity contribution in [3.63, 3.8) is 0 Å². The van der Waals surface area contributed by atoms with E-state index in [1.165, 1.54) is 22.2 Å². The number of rotatable bonds is 4. The normalized spacial score (nSPS) is 21.2. The zero-order valence-electron chi connectivity index (χ0n) is 12.4. The highest BCUT2D eigenvalue weighted by Gasteiger charge is 2.25. The van der Waals surface area contributed by atoms with Crippen molar-refractivity contribution >= 4 is 28.2 Å². The van der Waals surface area contributed by atoms with Crippen molar-refractivity contribution in [2.75, 3.05) is 30.3 Å². The van der Waals surface area contributed by atoms with Crippen LogP contribution in [0.2, 0.25) is 0 Å². The maximum atomic E-state index is 4.63. The van der Waals surface area contributed by atoms with Crippen molar-refractivity contribution < 1.29 is 0 Å². The van der Waals surface area contributed by atoms with Gasteiger partial charge in [0.15, 0.2) is 5.13 Å². The molecule has 1 unspecified atom stereocenters.